The monoisotopic (exact) mass is 264 g/mol. The van der Waals surface area contributed by atoms with Gasteiger partial charge in [-0.1, -0.05) is 18.2 Å². The van der Waals surface area contributed by atoms with Crippen molar-refractivity contribution in [1.82, 2.24) is 9.97 Å². The van der Waals surface area contributed by atoms with Gasteiger partial charge in [-0.2, -0.15) is 0 Å². The molecule has 4 aliphatic carbocycles. The van der Waals surface area contributed by atoms with Gasteiger partial charge in [-0.25, -0.2) is 9.97 Å². The summed E-state index contributed by atoms with van der Waals surface area (Å²) in [7, 11) is 0. The van der Waals surface area contributed by atoms with Crippen molar-refractivity contribution in [3.8, 4) is 0 Å². The Morgan fingerprint density at radius 2 is 1.55 bits per heavy atom. The van der Waals surface area contributed by atoms with E-state index in [1.807, 2.05) is 6.20 Å². The fraction of sp³-hybridized carbons (Fsp3) is 0.556. The van der Waals surface area contributed by atoms with E-state index in [1.165, 1.54) is 43.9 Å². The maximum Gasteiger partial charge on any atom is 0.135 e. The van der Waals surface area contributed by atoms with Crippen molar-refractivity contribution in [2.75, 3.05) is 0 Å². The molecule has 4 aliphatic rings. The van der Waals surface area contributed by atoms with Crippen LogP contribution in [0.25, 0.3) is 10.9 Å². The van der Waals surface area contributed by atoms with Gasteiger partial charge in [0.1, 0.15) is 5.82 Å². The first-order valence-corrected chi connectivity index (χ1v) is 8.03. The quantitative estimate of drug-likeness (QED) is 0.775. The first-order valence-electron chi connectivity index (χ1n) is 8.03. The normalized spacial score (nSPS) is 38.5. The molecule has 2 heteroatoms. The third kappa shape index (κ3) is 1.51. The van der Waals surface area contributed by atoms with Crippen molar-refractivity contribution >= 4 is 10.9 Å². The number of hydrogen-bond acceptors (Lipinski definition) is 2. The third-order valence-corrected chi connectivity index (χ3v) is 6.00. The van der Waals surface area contributed by atoms with E-state index in [9.17, 15) is 0 Å². The molecule has 0 aliphatic heterocycles. The molecule has 0 N–H and O–H groups in total. The largest absolute Gasteiger partial charge is 0.240 e. The Labute approximate surface area is 119 Å². The molecule has 102 valence electrons. The fourth-order valence-electron chi connectivity index (χ4n) is 5.61. The third-order valence-electron chi connectivity index (χ3n) is 6.00. The highest BCUT2D eigenvalue weighted by molar-refractivity contribution is 5.77. The molecule has 0 saturated heterocycles. The van der Waals surface area contributed by atoms with E-state index >= 15 is 0 Å². The first-order chi connectivity index (χ1) is 9.81. The van der Waals surface area contributed by atoms with Gasteiger partial charge < -0.3 is 0 Å². The molecule has 2 aromatic rings. The van der Waals surface area contributed by atoms with Crippen LogP contribution in [-0.2, 0) is 5.41 Å². The lowest BCUT2D eigenvalue weighted by Crippen LogP contribution is -2.49. The molecular formula is C18H20N2. The second-order valence-corrected chi connectivity index (χ2v) is 7.45. The Morgan fingerprint density at radius 1 is 0.900 bits per heavy atom. The van der Waals surface area contributed by atoms with Crippen molar-refractivity contribution in [3.63, 3.8) is 0 Å². The van der Waals surface area contributed by atoms with E-state index in [2.05, 4.69) is 24.3 Å². The molecule has 0 radical (unpaired) electrons. The maximum absolute atomic E-state index is 4.95. The molecule has 0 atom stereocenters. The minimum absolute atomic E-state index is 0.318. The summed E-state index contributed by atoms with van der Waals surface area (Å²) < 4.78 is 0. The zero-order valence-electron chi connectivity index (χ0n) is 11.8. The number of aromatic nitrogens is 2. The molecule has 4 saturated carbocycles. The van der Waals surface area contributed by atoms with Crippen molar-refractivity contribution in [2.45, 2.75) is 43.9 Å². The lowest BCUT2D eigenvalue weighted by atomic mass is 9.49. The van der Waals surface area contributed by atoms with Crippen LogP contribution in [0.2, 0.25) is 0 Å². The Hall–Kier alpha value is -1.44. The molecule has 6 rings (SSSR count). The molecule has 1 aromatic carbocycles. The van der Waals surface area contributed by atoms with Crippen molar-refractivity contribution < 1.29 is 0 Å². The Kier molecular flexibility index (Phi) is 2.14. The molecule has 4 bridgehead atoms. The summed E-state index contributed by atoms with van der Waals surface area (Å²) in [6, 6.07) is 8.38. The molecule has 2 nitrogen and oxygen atoms in total. The van der Waals surface area contributed by atoms with Gasteiger partial charge in [0.05, 0.1) is 5.52 Å². The Morgan fingerprint density at radius 3 is 2.25 bits per heavy atom. The fourth-order valence-corrected chi connectivity index (χ4v) is 5.61. The SMILES string of the molecule is c1ccc2nc(C34CC5CC(CC(C5)C3)C4)ncc2c1. The topological polar surface area (TPSA) is 25.8 Å². The van der Waals surface area contributed by atoms with Crippen molar-refractivity contribution in [3.05, 3.63) is 36.3 Å². The summed E-state index contributed by atoms with van der Waals surface area (Å²) in [6.45, 7) is 0. The van der Waals surface area contributed by atoms with Crippen molar-refractivity contribution in [2.24, 2.45) is 17.8 Å². The molecule has 0 amide bonds. The van der Waals surface area contributed by atoms with Gasteiger partial charge in [-0.05, 0) is 62.3 Å². The van der Waals surface area contributed by atoms with Gasteiger partial charge in [0, 0.05) is 17.0 Å². The van der Waals surface area contributed by atoms with Gasteiger partial charge in [-0.15, -0.1) is 0 Å². The average molecular weight is 264 g/mol. The molecule has 4 fully saturated rings. The van der Waals surface area contributed by atoms with Crippen LogP contribution in [0.5, 0.6) is 0 Å². The zero-order chi connectivity index (χ0) is 13.2. The van der Waals surface area contributed by atoms with E-state index in [1.54, 1.807) is 0 Å². The standard InChI is InChI=1S/C18H20N2/c1-2-4-16-15(3-1)11-19-17(20-16)18-8-12-5-13(9-18)7-14(6-12)10-18/h1-4,11-14H,5-10H2. The first kappa shape index (κ1) is 11.2. The molecule has 0 spiro atoms. The molecular weight excluding hydrogens is 244 g/mol. The van der Waals surface area contributed by atoms with Crippen LogP contribution in [0.3, 0.4) is 0 Å². The van der Waals surface area contributed by atoms with Gasteiger partial charge in [-0.3, -0.25) is 0 Å². The van der Waals surface area contributed by atoms with Crippen LogP contribution in [0.15, 0.2) is 30.5 Å². The van der Waals surface area contributed by atoms with E-state index in [4.69, 9.17) is 9.97 Å². The van der Waals surface area contributed by atoms with E-state index in [0.717, 1.165) is 29.1 Å². The minimum Gasteiger partial charge on any atom is -0.240 e. The Bertz CT molecular complexity index is 641. The lowest BCUT2D eigenvalue weighted by molar-refractivity contribution is -0.00923. The predicted molar refractivity (Wildman–Crippen MR) is 79.4 cm³/mol. The van der Waals surface area contributed by atoms with Crippen LogP contribution in [0.1, 0.15) is 44.3 Å². The number of fused-ring (bicyclic) bond motifs is 1. The van der Waals surface area contributed by atoms with Gasteiger partial charge >= 0.3 is 0 Å². The van der Waals surface area contributed by atoms with Gasteiger partial charge in [0.15, 0.2) is 0 Å². The van der Waals surface area contributed by atoms with E-state index < -0.39 is 0 Å². The summed E-state index contributed by atoms with van der Waals surface area (Å²) in [5, 5.41) is 1.17. The summed E-state index contributed by atoms with van der Waals surface area (Å²) >= 11 is 0. The molecule has 0 unspecified atom stereocenters. The number of para-hydroxylation sites is 1. The molecule has 1 aromatic heterocycles. The number of benzene rings is 1. The predicted octanol–water partition coefficient (Wildman–Crippen LogP) is 4.10. The minimum atomic E-state index is 0.318. The lowest BCUT2D eigenvalue weighted by Gasteiger charge is -2.55. The second kappa shape index (κ2) is 3.81. The van der Waals surface area contributed by atoms with E-state index in [-0.39, 0.29) is 0 Å². The number of rotatable bonds is 1. The molecule has 20 heavy (non-hydrogen) atoms. The number of hydrogen-bond donors (Lipinski definition) is 0. The zero-order valence-corrected chi connectivity index (χ0v) is 11.8. The second-order valence-electron chi connectivity index (χ2n) is 7.45. The van der Waals surface area contributed by atoms with Crippen molar-refractivity contribution in [1.29, 1.82) is 0 Å². The highest BCUT2D eigenvalue weighted by Gasteiger charge is 2.53. The summed E-state index contributed by atoms with van der Waals surface area (Å²) in [4.78, 5) is 9.74. The van der Waals surface area contributed by atoms with Crippen LogP contribution >= 0.6 is 0 Å². The number of nitrogens with zero attached hydrogens (tertiary/aromatic N) is 2. The van der Waals surface area contributed by atoms with E-state index in [0.29, 0.717) is 5.41 Å². The Balaban J connectivity index is 1.63. The molecule has 1 heterocycles. The van der Waals surface area contributed by atoms with Crippen LogP contribution < -0.4 is 0 Å². The van der Waals surface area contributed by atoms with Gasteiger partial charge in [0.2, 0.25) is 0 Å². The van der Waals surface area contributed by atoms with Crippen LogP contribution in [0, 0.1) is 17.8 Å². The van der Waals surface area contributed by atoms with Crippen LogP contribution in [0.4, 0.5) is 0 Å². The summed E-state index contributed by atoms with van der Waals surface area (Å²) in [5.74, 6) is 4.01. The average Bonchev–Trinajstić information content (AvgIpc) is 2.45. The smallest absolute Gasteiger partial charge is 0.135 e. The summed E-state index contributed by atoms with van der Waals surface area (Å²) in [5.41, 5.74) is 1.44. The maximum atomic E-state index is 4.95. The van der Waals surface area contributed by atoms with Gasteiger partial charge in [0.25, 0.3) is 0 Å². The highest BCUT2D eigenvalue weighted by atomic mass is 14.9. The highest BCUT2D eigenvalue weighted by Crippen LogP contribution is 2.60. The van der Waals surface area contributed by atoms with Crippen LogP contribution in [-0.4, -0.2) is 9.97 Å². The summed E-state index contributed by atoms with van der Waals surface area (Å²) in [6.07, 6.45) is 10.5.